The van der Waals surface area contributed by atoms with E-state index in [1.165, 1.54) is 0 Å². The first-order chi connectivity index (χ1) is 10.1. The summed E-state index contributed by atoms with van der Waals surface area (Å²) in [7, 11) is 1.74. The Hall–Kier alpha value is -2.82. The zero-order valence-corrected chi connectivity index (χ0v) is 11.9. The van der Waals surface area contributed by atoms with Gasteiger partial charge < -0.3 is 10.6 Å². The van der Waals surface area contributed by atoms with Crippen LogP contribution in [-0.2, 0) is 0 Å². The zero-order valence-electron chi connectivity index (χ0n) is 11.9. The lowest BCUT2D eigenvalue weighted by atomic mass is 10.1. The SMILES string of the molecule is Cc1cccc(N(C)C(=O)c2n[nH]c3ccc(N)cc23)c1. The molecule has 1 aromatic heterocycles. The maximum atomic E-state index is 12.6. The Kier molecular flexibility index (Phi) is 3.10. The van der Waals surface area contributed by atoms with E-state index in [4.69, 9.17) is 5.73 Å². The Bertz CT molecular complexity index is 822. The third kappa shape index (κ3) is 2.33. The van der Waals surface area contributed by atoms with E-state index in [1.54, 1.807) is 24.1 Å². The summed E-state index contributed by atoms with van der Waals surface area (Å²) in [5.41, 5.74) is 9.51. The summed E-state index contributed by atoms with van der Waals surface area (Å²) in [5, 5.41) is 7.73. The number of aromatic nitrogens is 2. The summed E-state index contributed by atoms with van der Waals surface area (Å²) in [6.45, 7) is 1.99. The van der Waals surface area contributed by atoms with Crippen LogP contribution in [0, 0.1) is 6.92 Å². The van der Waals surface area contributed by atoms with E-state index in [2.05, 4.69) is 10.2 Å². The van der Waals surface area contributed by atoms with Crippen LogP contribution in [-0.4, -0.2) is 23.2 Å². The van der Waals surface area contributed by atoms with Gasteiger partial charge in [-0.2, -0.15) is 5.10 Å². The molecule has 0 fully saturated rings. The number of aromatic amines is 1. The molecule has 0 unspecified atom stereocenters. The van der Waals surface area contributed by atoms with Crippen LogP contribution in [0.5, 0.6) is 0 Å². The Balaban J connectivity index is 2.02. The molecule has 0 aliphatic heterocycles. The minimum Gasteiger partial charge on any atom is -0.399 e. The summed E-state index contributed by atoms with van der Waals surface area (Å²) in [5.74, 6) is -0.169. The van der Waals surface area contributed by atoms with Crippen LogP contribution in [0.2, 0.25) is 0 Å². The fraction of sp³-hybridized carbons (Fsp3) is 0.125. The average Bonchev–Trinajstić information content (AvgIpc) is 2.88. The number of benzene rings is 2. The lowest BCUT2D eigenvalue weighted by Crippen LogP contribution is -2.26. The lowest BCUT2D eigenvalue weighted by Gasteiger charge is -2.16. The van der Waals surface area contributed by atoms with Crippen molar-refractivity contribution in [1.29, 1.82) is 0 Å². The molecule has 5 nitrogen and oxygen atoms in total. The molecule has 0 aliphatic rings. The van der Waals surface area contributed by atoms with Crippen molar-refractivity contribution >= 4 is 28.2 Å². The van der Waals surface area contributed by atoms with Crippen LogP contribution in [0.25, 0.3) is 10.9 Å². The molecule has 0 bridgehead atoms. The van der Waals surface area contributed by atoms with Gasteiger partial charge in [0.15, 0.2) is 5.69 Å². The van der Waals surface area contributed by atoms with Crippen molar-refractivity contribution in [3.05, 3.63) is 53.7 Å². The van der Waals surface area contributed by atoms with E-state index in [9.17, 15) is 4.79 Å². The molecular weight excluding hydrogens is 264 g/mol. The maximum Gasteiger partial charge on any atom is 0.279 e. The van der Waals surface area contributed by atoms with Gasteiger partial charge in [-0.1, -0.05) is 12.1 Å². The second-order valence-electron chi connectivity index (χ2n) is 5.08. The fourth-order valence-electron chi connectivity index (χ4n) is 2.31. The predicted octanol–water partition coefficient (Wildman–Crippen LogP) is 2.73. The summed E-state index contributed by atoms with van der Waals surface area (Å²) in [6, 6.07) is 13.1. The average molecular weight is 280 g/mol. The Labute approximate surface area is 122 Å². The number of nitrogens with two attached hydrogens (primary N) is 1. The molecular formula is C16H16N4O. The molecule has 106 valence electrons. The number of anilines is 2. The zero-order chi connectivity index (χ0) is 15.0. The van der Waals surface area contributed by atoms with Crippen molar-refractivity contribution in [1.82, 2.24) is 10.2 Å². The third-order valence-electron chi connectivity index (χ3n) is 3.48. The van der Waals surface area contributed by atoms with Crippen molar-refractivity contribution < 1.29 is 4.79 Å². The van der Waals surface area contributed by atoms with E-state index in [0.29, 0.717) is 11.4 Å². The molecule has 5 heteroatoms. The minimum absolute atomic E-state index is 0.169. The van der Waals surface area contributed by atoms with Crippen LogP contribution in [0.15, 0.2) is 42.5 Å². The van der Waals surface area contributed by atoms with Gasteiger partial charge in [-0.3, -0.25) is 9.89 Å². The highest BCUT2D eigenvalue weighted by atomic mass is 16.2. The Morgan fingerprint density at radius 3 is 2.81 bits per heavy atom. The number of nitrogens with zero attached hydrogens (tertiary/aromatic N) is 2. The number of fused-ring (bicyclic) bond motifs is 1. The number of nitrogen functional groups attached to an aromatic ring is 1. The van der Waals surface area contributed by atoms with Crippen LogP contribution in [0.1, 0.15) is 16.1 Å². The number of rotatable bonds is 2. The minimum atomic E-state index is -0.169. The summed E-state index contributed by atoms with van der Waals surface area (Å²) >= 11 is 0. The molecule has 0 saturated heterocycles. The second kappa shape index (κ2) is 4.94. The molecule has 0 aliphatic carbocycles. The highest BCUT2D eigenvalue weighted by Crippen LogP contribution is 2.22. The first-order valence-electron chi connectivity index (χ1n) is 6.64. The first-order valence-corrected chi connectivity index (χ1v) is 6.64. The van der Waals surface area contributed by atoms with E-state index < -0.39 is 0 Å². The molecule has 0 spiro atoms. The number of nitrogens with one attached hydrogen (secondary N) is 1. The van der Waals surface area contributed by atoms with Gasteiger partial charge in [0.2, 0.25) is 0 Å². The molecule has 1 heterocycles. The molecule has 3 rings (SSSR count). The number of H-pyrrole nitrogens is 1. The molecule has 3 aromatic rings. The van der Waals surface area contributed by atoms with E-state index >= 15 is 0 Å². The summed E-state index contributed by atoms with van der Waals surface area (Å²) in [4.78, 5) is 14.2. The van der Waals surface area contributed by atoms with Gasteiger partial charge >= 0.3 is 0 Å². The van der Waals surface area contributed by atoms with E-state index in [0.717, 1.165) is 22.2 Å². The molecule has 2 aromatic carbocycles. The molecule has 21 heavy (non-hydrogen) atoms. The Morgan fingerprint density at radius 1 is 1.24 bits per heavy atom. The quantitative estimate of drug-likeness (QED) is 0.709. The fourth-order valence-corrected chi connectivity index (χ4v) is 2.31. The van der Waals surface area contributed by atoms with Crippen molar-refractivity contribution in [2.24, 2.45) is 0 Å². The molecule has 0 radical (unpaired) electrons. The van der Waals surface area contributed by atoms with Gasteiger partial charge in [-0.05, 0) is 42.8 Å². The molecule has 3 N–H and O–H groups in total. The number of hydrogen-bond donors (Lipinski definition) is 2. The highest BCUT2D eigenvalue weighted by molar-refractivity contribution is 6.12. The van der Waals surface area contributed by atoms with Gasteiger partial charge in [0.05, 0.1) is 5.52 Å². The number of carbonyl (C=O) groups is 1. The highest BCUT2D eigenvalue weighted by Gasteiger charge is 2.19. The van der Waals surface area contributed by atoms with Gasteiger partial charge in [0, 0.05) is 23.8 Å². The van der Waals surface area contributed by atoms with Crippen LogP contribution in [0.3, 0.4) is 0 Å². The van der Waals surface area contributed by atoms with Gasteiger partial charge in [-0.25, -0.2) is 0 Å². The van der Waals surface area contributed by atoms with Crippen molar-refractivity contribution in [2.75, 3.05) is 17.7 Å². The number of amides is 1. The first kappa shape index (κ1) is 13.2. The van der Waals surface area contributed by atoms with Gasteiger partial charge in [-0.15, -0.1) is 0 Å². The number of carbonyl (C=O) groups excluding carboxylic acids is 1. The van der Waals surface area contributed by atoms with E-state index in [1.807, 2.05) is 37.3 Å². The monoisotopic (exact) mass is 280 g/mol. The number of aryl methyl sites for hydroxylation is 1. The van der Waals surface area contributed by atoms with Gasteiger partial charge in [0.1, 0.15) is 0 Å². The van der Waals surface area contributed by atoms with Gasteiger partial charge in [0.25, 0.3) is 5.91 Å². The topological polar surface area (TPSA) is 75.0 Å². The second-order valence-corrected chi connectivity index (χ2v) is 5.08. The van der Waals surface area contributed by atoms with Crippen LogP contribution >= 0.6 is 0 Å². The van der Waals surface area contributed by atoms with Crippen LogP contribution in [0.4, 0.5) is 11.4 Å². The Morgan fingerprint density at radius 2 is 2.05 bits per heavy atom. The van der Waals surface area contributed by atoms with E-state index in [-0.39, 0.29) is 5.91 Å². The molecule has 1 amide bonds. The maximum absolute atomic E-state index is 12.6. The van der Waals surface area contributed by atoms with Crippen molar-refractivity contribution in [2.45, 2.75) is 6.92 Å². The normalized spacial score (nSPS) is 10.8. The predicted molar refractivity (Wildman–Crippen MR) is 84.4 cm³/mol. The van der Waals surface area contributed by atoms with Crippen LogP contribution < -0.4 is 10.6 Å². The molecule has 0 atom stereocenters. The summed E-state index contributed by atoms with van der Waals surface area (Å²) in [6.07, 6.45) is 0. The lowest BCUT2D eigenvalue weighted by molar-refractivity contribution is 0.0990. The summed E-state index contributed by atoms with van der Waals surface area (Å²) < 4.78 is 0. The third-order valence-corrected chi connectivity index (χ3v) is 3.48. The largest absolute Gasteiger partial charge is 0.399 e. The number of hydrogen-bond acceptors (Lipinski definition) is 3. The molecule has 0 saturated carbocycles. The van der Waals surface area contributed by atoms with Crippen molar-refractivity contribution in [3.8, 4) is 0 Å². The van der Waals surface area contributed by atoms with Crippen molar-refractivity contribution in [3.63, 3.8) is 0 Å². The standard InChI is InChI=1S/C16H16N4O/c1-10-4-3-5-12(8-10)20(2)16(21)15-13-9-11(17)6-7-14(13)18-19-15/h3-9H,17H2,1-2H3,(H,18,19). The smallest absolute Gasteiger partial charge is 0.279 e.